The number of aliphatic hydroxyl groups excluding tert-OH is 1. The van der Waals surface area contributed by atoms with Gasteiger partial charge in [0.15, 0.2) is 0 Å². The first kappa shape index (κ1) is 11.9. The van der Waals surface area contributed by atoms with Gasteiger partial charge in [-0.1, -0.05) is 37.6 Å². The van der Waals surface area contributed by atoms with Crippen molar-refractivity contribution in [3.63, 3.8) is 0 Å². The Balaban J connectivity index is 2.31. The normalized spacial score (nSPS) is 39.6. The molecule has 0 spiro atoms. The molecule has 2 aliphatic carbocycles. The van der Waals surface area contributed by atoms with Gasteiger partial charge in [0.25, 0.3) is 0 Å². The lowest BCUT2D eigenvalue weighted by Gasteiger charge is -2.45. The molecule has 0 amide bonds. The minimum absolute atomic E-state index is 0.191. The van der Waals surface area contributed by atoms with Crippen molar-refractivity contribution in [1.29, 1.82) is 0 Å². The Kier molecular flexibility index (Phi) is 3.25. The third kappa shape index (κ3) is 1.98. The lowest BCUT2D eigenvalue weighted by molar-refractivity contribution is 0.0502. The summed E-state index contributed by atoms with van der Waals surface area (Å²) in [4.78, 5) is 0. The lowest BCUT2D eigenvalue weighted by Crippen LogP contribution is -2.40. The van der Waals surface area contributed by atoms with Crippen LogP contribution in [-0.2, 0) is 0 Å². The molecule has 0 radical (unpaired) electrons. The lowest BCUT2D eigenvalue weighted by atomic mass is 9.61. The average Bonchev–Trinajstić information content (AvgIpc) is 2.15. The molecule has 1 saturated carbocycles. The highest BCUT2D eigenvalue weighted by molar-refractivity contribution is 5.22. The van der Waals surface area contributed by atoms with Gasteiger partial charge in [0.1, 0.15) is 0 Å². The molecule has 0 heterocycles. The first-order valence-corrected chi connectivity index (χ1v) is 6.53. The van der Waals surface area contributed by atoms with E-state index in [1.165, 1.54) is 17.6 Å². The second kappa shape index (κ2) is 4.37. The fraction of sp³-hybridized carbons (Fsp3) is 0.733. The summed E-state index contributed by atoms with van der Waals surface area (Å²) in [7, 11) is 0. The predicted molar refractivity (Wildman–Crippen MR) is 68.1 cm³/mol. The molecule has 90 valence electrons. The third-order valence-corrected chi connectivity index (χ3v) is 4.46. The number of fused-ring (bicyclic) bond motifs is 1. The van der Waals surface area contributed by atoms with Crippen molar-refractivity contribution in [2.75, 3.05) is 0 Å². The molecule has 0 bridgehead atoms. The summed E-state index contributed by atoms with van der Waals surface area (Å²) in [6, 6.07) is 0. The van der Waals surface area contributed by atoms with E-state index in [0.717, 1.165) is 18.8 Å². The summed E-state index contributed by atoms with van der Waals surface area (Å²) in [6.07, 6.45) is 5.41. The monoisotopic (exact) mass is 220 g/mol. The molecular formula is C15H24O. The molecule has 0 aliphatic heterocycles. The molecule has 0 aromatic heterocycles. The van der Waals surface area contributed by atoms with E-state index in [1.807, 2.05) is 0 Å². The molecule has 0 saturated heterocycles. The molecule has 2 rings (SSSR count). The maximum absolute atomic E-state index is 10.2. The van der Waals surface area contributed by atoms with Gasteiger partial charge in [0.05, 0.1) is 6.10 Å². The van der Waals surface area contributed by atoms with Crippen LogP contribution >= 0.6 is 0 Å². The van der Waals surface area contributed by atoms with Gasteiger partial charge in [-0.05, 0) is 43.9 Å². The van der Waals surface area contributed by atoms with Crippen LogP contribution in [0, 0.1) is 23.7 Å². The van der Waals surface area contributed by atoms with Crippen molar-refractivity contribution in [3.8, 4) is 0 Å². The van der Waals surface area contributed by atoms with Gasteiger partial charge in [-0.25, -0.2) is 0 Å². The van der Waals surface area contributed by atoms with Crippen molar-refractivity contribution in [2.45, 2.75) is 46.1 Å². The van der Waals surface area contributed by atoms with Crippen LogP contribution in [0.3, 0.4) is 0 Å². The fourth-order valence-corrected chi connectivity index (χ4v) is 3.64. The Morgan fingerprint density at radius 2 is 2.12 bits per heavy atom. The zero-order valence-electron chi connectivity index (χ0n) is 10.7. The van der Waals surface area contributed by atoms with Crippen molar-refractivity contribution in [1.82, 2.24) is 0 Å². The van der Waals surface area contributed by atoms with Crippen LogP contribution in [0.4, 0.5) is 0 Å². The van der Waals surface area contributed by atoms with Gasteiger partial charge in [0.2, 0.25) is 0 Å². The second-order valence-corrected chi connectivity index (χ2v) is 5.99. The predicted octanol–water partition coefficient (Wildman–Crippen LogP) is 3.55. The van der Waals surface area contributed by atoms with Crippen LogP contribution in [-0.4, -0.2) is 11.2 Å². The van der Waals surface area contributed by atoms with Gasteiger partial charge < -0.3 is 5.11 Å². The summed E-state index contributed by atoms with van der Waals surface area (Å²) in [5.74, 6) is 2.28. The van der Waals surface area contributed by atoms with E-state index >= 15 is 0 Å². The van der Waals surface area contributed by atoms with Crippen molar-refractivity contribution in [2.24, 2.45) is 23.7 Å². The van der Waals surface area contributed by atoms with E-state index in [9.17, 15) is 5.11 Å². The highest BCUT2D eigenvalue weighted by atomic mass is 16.3. The summed E-state index contributed by atoms with van der Waals surface area (Å²) in [6.45, 7) is 10.9. The minimum atomic E-state index is -0.191. The highest BCUT2D eigenvalue weighted by Crippen LogP contribution is 2.47. The van der Waals surface area contributed by atoms with E-state index in [0.29, 0.717) is 17.8 Å². The largest absolute Gasteiger partial charge is 0.392 e. The molecule has 1 heteroatoms. The molecule has 0 aromatic rings. The summed E-state index contributed by atoms with van der Waals surface area (Å²) in [5.41, 5.74) is 2.63. The van der Waals surface area contributed by atoms with Crippen LogP contribution in [0.5, 0.6) is 0 Å². The Hall–Kier alpha value is -0.560. The van der Waals surface area contributed by atoms with Gasteiger partial charge in [0, 0.05) is 5.92 Å². The van der Waals surface area contributed by atoms with E-state index in [-0.39, 0.29) is 6.10 Å². The number of aliphatic hydroxyl groups is 1. The number of hydrogen-bond donors (Lipinski definition) is 1. The van der Waals surface area contributed by atoms with Gasteiger partial charge in [-0.15, -0.1) is 0 Å². The number of allylic oxidation sites excluding steroid dienone is 1. The Labute approximate surface area is 99.3 Å². The smallest absolute Gasteiger partial charge is 0.0648 e. The van der Waals surface area contributed by atoms with Crippen LogP contribution in [0.25, 0.3) is 0 Å². The molecule has 4 atom stereocenters. The molecule has 1 N–H and O–H groups in total. The Morgan fingerprint density at radius 3 is 2.75 bits per heavy atom. The Bertz CT molecular complexity index is 313. The van der Waals surface area contributed by atoms with Gasteiger partial charge >= 0.3 is 0 Å². The maximum Gasteiger partial charge on any atom is 0.0648 e. The molecule has 0 unspecified atom stereocenters. The van der Waals surface area contributed by atoms with E-state index < -0.39 is 0 Å². The van der Waals surface area contributed by atoms with Crippen molar-refractivity contribution >= 4 is 0 Å². The standard InChI is InChI=1S/C15H24O/c1-9(2)12-6-5-11(4)15-13(12)7-10(3)8-14(15)16/h7,9,12-16H,4-6,8H2,1-3H3/t12-,13-,14-,15-/m1/s1. The van der Waals surface area contributed by atoms with E-state index in [2.05, 4.69) is 33.4 Å². The van der Waals surface area contributed by atoms with Crippen molar-refractivity contribution in [3.05, 3.63) is 23.8 Å². The topological polar surface area (TPSA) is 20.2 Å². The zero-order chi connectivity index (χ0) is 11.9. The Morgan fingerprint density at radius 1 is 1.44 bits per heavy atom. The van der Waals surface area contributed by atoms with Crippen LogP contribution in [0.15, 0.2) is 23.8 Å². The quantitative estimate of drug-likeness (QED) is 0.670. The molecule has 2 aliphatic rings. The summed E-state index contributed by atoms with van der Waals surface area (Å²) >= 11 is 0. The zero-order valence-corrected chi connectivity index (χ0v) is 10.7. The molecule has 16 heavy (non-hydrogen) atoms. The van der Waals surface area contributed by atoms with Crippen LogP contribution in [0.1, 0.15) is 40.0 Å². The summed E-state index contributed by atoms with van der Waals surface area (Å²) in [5, 5.41) is 10.2. The van der Waals surface area contributed by atoms with Gasteiger partial charge in [-0.2, -0.15) is 0 Å². The van der Waals surface area contributed by atoms with E-state index in [1.54, 1.807) is 0 Å². The minimum Gasteiger partial charge on any atom is -0.392 e. The van der Waals surface area contributed by atoms with E-state index in [4.69, 9.17) is 0 Å². The summed E-state index contributed by atoms with van der Waals surface area (Å²) < 4.78 is 0. The fourth-order valence-electron chi connectivity index (χ4n) is 3.64. The molecule has 1 nitrogen and oxygen atoms in total. The third-order valence-electron chi connectivity index (χ3n) is 4.46. The first-order chi connectivity index (χ1) is 7.50. The molecule has 0 aromatic carbocycles. The number of rotatable bonds is 1. The highest BCUT2D eigenvalue weighted by Gasteiger charge is 2.41. The van der Waals surface area contributed by atoms with Crippen LogP contribution < -0.4 is 0 Å². The second-order valence-electron chi connectivity index (χ2n) is 5.99. The number of hydrogen-bond acceptors (Lipinski definition) is 1. The average molecular weight is 220 g/mol. The maximum atomic E-state index is 10.2. The van der Waals surface area contributed by atoms with Crippen molar-refractivity contribution < 1.29 is 5.11 Å². The first-order valence-electron chi connectivity index (χ1n) is 6.53. The SMILES string of the molecule is C=C1CC[C@H](C(C)C)[C@H]2C=C(C)C[C@@H](O)[C@H]12. The van der Waals surface area contributed by atoms with Crippen LogP contribution in [0.2, 0.25) is 0 Å². The van der Waals surface area contributed by atoms with Gasteiger partial charge in [-0.3, -0.25) is 0 Å². The molecular weight excluding hydrogens is 196 g/mol. The molecule has 1 fully saturated rings.